The highest BCUT2D eigenvalue weighted by Gasteiger charge is 2.19. The van der Waals surface area contributed by atoms with Crippen LogP contribution in [0.15, 0.2) is 29.1 Å². The topological polar surface area (TPSA) is 64.0 Å². The first-order valence-corrected chi connectivity index (χ1v) is 7.94. The summed E-state index contributed by atoms with van der Waals surface area (Å²) in [5.74, 6) is -0.182. The van der Waals surface area contributed by atoms with E-state index >= 15 is 0 Å². The Morgan fingerprint density at radius 3 is 2.45 bits per heavy atom. The highest BCUT2D eigenvalue weighted by molar-refractivity contribution is 6.04. The van der Waals surface area contributed by atoms with Crippen LogP contribution < -0.4 is 10.9 Å². The van der Waals surface area contributed by atoms with Crippen molar-refractivity contribution in [2.24, 2.45) is 7.05 Å². The molecular weight excluding hydrogens is 278 g/mol. The molecule has 1 N–H and O–H groups in total. The third kappa shape index (κ3) is 2.89. The summed E-state index contributed by atoms with van der Waals surface area (Å²) in [6.45, 7) is 0. The summed E-state index contributed by atoms with van der Waals surface area (Å²) in [5, 5.41) is 8.43. The summed E-state index contributed by atoms with van der Waals surface area (Å²) in [6.07, 6.45) is 6.85. The van der Waals surface area contributed by atoms with E-state index < -0.39 is 0 Å². The van der Waals surface area contributed by atoms with Crippen molar-refractivity contribution in [2.75, 3.05) is 0 Å². The van der Waals surface area contributed by atoms with Crippen LogP contribution in [0.2, 0.25) is 0 Å². The molecule has 0 unspecified atom stereocenters. The lowest BCUT2D eigenvalue weighted by Crippen LogP contribution is -2.36. The highest BCUT2D eigenvalue weighted by atomic mass is 16.2. The van der Waals surface area contributed by atoms with E-state index in [1.807, 2.05) is 6.07 Å². The van der Waals surface area contributed by atoms with Crippen LogP contribution in [-0.4, -0.2) is 21.7 Å². The van der Waals surface area contributed by atoms with Crippen molar-refractivity contribution in [3.05, 3.63) is 40.3 Å². The molecule has 0 spiro atoms. The van der Waals surface area contributed by atoms with Crippen LogP contribution in [0.5, 0.6) is 0 Å². The van der Waals surface area contributed by atoms with Crippen molar-refractivity contribution < 1.29 is 4.79 Å². The molecule has 1 heterocycles. The molecule has 1 aromatic carbocycles. The van der Waals surface area contributed by atoms with Gasteiger partial charge in [0.1, 0.15) is 0 Å². The molecule has 0 saturated heterocycles. The molecule has 1 saturated carbocycles. The maximum Gasteiger partial charge on any atom is 0.274 e. The van der Waals surface area contributed by atoms with Crippen molar-refractivity contribution in [2.45, 2.75) is 44.6 Å². The van der Waals surface area contributed by atoms with Crippen molar-refractivity contribution in [3.8, 4) is 0 Å². The number of rotatable bonds is 2. The first kappa shape index (κ1) is 14.8. The first-order chi connectivity index (χ1) is 10.7. The van der Waals surface area contributed by atoms with Crippen LogP contribution in [0.1, 0.15) is 49.0 Å². The number of carbonyl (C=O) groups is 1. The molecule has 0 radical (unpaired) electrons. The number of aryl methyl sites for hydroxylation is 1. The number of aromatic nitrogens is 2. The average molecular weight is 299 g/mol. The van der Waals surface area contributed by atoms with Gasteiger partial charge in [0.2, 0.25) is 0 Å². The molecule has 2 aromatic rings. The normalized spacial score (nSPS) is 16.4. The predicted molar refractivity (Wildman–Crippen MR) is 85.9 cm³/mol. The molecule has 1 aromatic heterocycles. The maximum atomic E-state index is 12.6. The zero-order valence-corrected chi connectivity index (χ0v) is 12.8. The standard InChI is InChI=1S/C17H21N3O2/c1-20-17(22)14-11-7-6-10-13(14)15(19-20)16(21)18-12-8-4-2-3-5-9-12/h6-7,10-12H,2-5,8-9H2,1H3,(H,18,21). The Bertz CT molecular complexity index is 743. The summed E-state index contributed by atoms with van der Waals surface area (Å²) >= 11 is 0. The lowest BCUT2D eigenvalue weighted by atomic mass is 10.1. The predicted octanol–water partition coefficient (Wildman–Crippen LogP) is 2.39. The highest BCUT2D eigenvalue weighted by Crippen LogP contribution is 2.18. The van der Waals surface area contributed by atoms with Gasteiger partial charge >= 0.3 is 0 Å². The van der Waals surface area contributed by atoms with Gasteiger partial charge in [-0.3, -0.25) is 9.59 Å². The van der Waals surface area contributed by atoms with Gasteiger partial charge in [-0.05, 0) is 18.9 Å². The fourth-order valence-electron chi connectivity index (χ4n) is 3.14. The number of hydrogen-bond donors (Lipinski definition) is 1. The molecule has 22 heavy (non-hydrogen) atoms. The summed E-state index contributed by atoms with van der Waals surface area (Å²) in [5.41, 5.74) is 0.156. The monoisotopic (exact) mass is 299 g/mol. The zero-order valence-electron chi connectivity index (χ0n) is 12.8. The number of hydrogen-bond acceptors (Lipinski definition) is 3. The quantitative estimate of drug-likeness (QED) is 0.866. The Hall–Kier alpha value is -2.17. The van der Waals surface area contributed by atoms with E-state index in [0.29, 0.717) is 16.5 Å². The Labute approximate surface area is 129 Å². The molecule has 5 heteroatoms. The molecular formula is C17H21N3O2. The fourth-order valence-corrected chi connectivity index (χ4v) is 3.14. The summed E-state index contributed by atoms with van der Waals surface area (Å²) in [7, 11) is 1.58. The smallest absolute Gasteiger partial charge is 0.274 e. The van der Waals surface area contributed by atoms with Gasteiger partial charge in [-0.15, -0.1) is 0 Å². The van der Waals surface area contributed by atoms with Gasteiger partial charge in [0.15, 0.2) is 5.69 Å². The van der Waals surface area contributed by atoms with Gasteiger partial charge in [0, 0.05) is 18.5 Å². The minimum atomic E-state index is -0.182. The van der Waals surface area contributed by atoms with Gasteiger partial charge in [-0.2, -0.15) is 5.10 Å². The van der Waals surface area contributed by atoms with Crippen molar-refractivity contribution >= 4 is 16.7 Å². The van der Waals surface area contributed by atoms with Crippen molar-refractivity contribution in [1.29, 1.82) is 0 Å². The molecule has 1 amide bonds. The van der Waals surface area contributed by atoms with Gasteiger partial charge < -0.3 is 5.32 Å². The van der Waals surface area contributed by atoms with Crippen LogP contribution in [0.4, 0.5) is 0 Å². The molecule has 3 rings (SSSR count). The second-order valence-electron chi connectivity index (χ2n) is 5.98. The van der Waals surface area contributed by atoms with Crippen LogP contribution in [0, 0.1) is 0 Å². The van der Waals surface area contributed by atoms with Crippen LogP contribution in [-0.2, 0) is 7.05 Å². The number of nitrogens with one attached hydrogen (secondary N) is 1. The first-order valence-electron chi connectivity index (χ1n) is 7.94. The van der Waals surface area contributed by atoms with E-state index in [1.54, 1.807) is 25.2 Å². The van der Waals surface area contributed by atoms with Crippen LogP contribution >= 0.6 is 0 Å². The molecule has 1 fully saturated rings. The second-order valence-corrected chi connectivity index (χ2v) is 5.98. The Morgan fingerprint density at radius 2 is 1.77 bits per heavy atom. The molecule has 116 valence electrons. The molecule has 0 bridgehead atoms. The minimum absolute atomic E-state index is 0.179. The van der Waals surface area contributed by atoms with Gasteiger partial charge in [0.05, 0.1) is 5.39 Å². The maximum absolute atomic E-state index is 12.6. The number of carbonyl (C=O) groups excluding carboxylic acids is 1. The lowest BCUT2D eigenvalue weighted by molar-refractivity contribution is 0.0928. The lowest BCUT2D eigenvalue weighted by Gasteiger charge is -2.16. The number of benzene rings is 1. The molecule has 0 aliphatic heterocycles. The SMILES string of the molecule is Cn1nc(C(=O)NC2CCCCCC2)c2ccccc2c1=O. The second kappa shape index (κ2) is 6.30. The van der Waals surface area contributed by atoms with Gasteiger partial charge in [-0.1, -0.05) is 43.9 Å². The zero-order chi connectivity index (χ0) is 15.5. The van der Waals surface area contributed by atoms with E-state index in [4.69, 9.17) is 0 Å². The van der Waals surface area contributed by atoms with Crippen molar-refractivity contribution in [1.82, 2.24) is 15.1 Å². The van der Waals surface area contributed by atoms with Crippen LogP contribution in [0.25, 0.3) is 10.8 Å². The average Bonchev–Trinajstić information content (AvgIpc) is 2.79. The molecule has 0 atom stereocenters. The minimum Gasteiger partial charge on any atom is -0.348 e. The van der Waals surface area contributed by atoms with Crippen molar-refractivity contribution in [3.63, 3.8) is 0 Å². The van der Waals surface area contributed by atoms with E-state index in [9.17, 15) is 9.59 Å². The summed E-state index contributed by atoms with van der Waals surface area (Å²) in [6, 6.07) is 7.36. The van der Waals surface area contributed by atoms with Crippen LogP contribution in [0.3, 0.4) is 0 Å². The fraction of sp³-hybridized carbons (Fsp3) is 0.471. The number of amides is 1. The van der Waals surface area contributed by atoms with E-state index in [1.165, 1.54) is 17.5 Å². The number of fused-ring (bicyclic) bond motifs is 1. The molecule has 5 nitrogen and oxygen atoms in total. The van der Waals surface area contributed by atoms with E-state index in [0.717, 1.165) is 25.7 Å². The third-order valence-electron chi connectivity index (χ3n) is 4.36. The Kier molecular flexibility index (Phi) is 4.22. The summed E-state index contributed by atoms with van der Waals surface area (Å²) < 4.78 is 1.24. The van der Waals surface area contributed by atoms with Gasteiger partial charge in [-0.25, -0.2) is 4.68 Å². The Morgan fingerprint density at radius 1 is 1.14 bits per heavy atom. The van der Waals surface area contributed by atoms with Gasteiger partial charge in [0.25, 0.3) is 11.5 Å². The largest absolute Gasteiger partial charge is 0.348 e. The Balaban J connectivity index is 1.93. The third-order valence-corrected chi connectivity index (χ3v) is 4.36. The van der Waals surface area contributed by atoms with E-state index in [-0.39, 0.29) is 17.5 Å². The number of nitrogens with zero attached hydrogens (tertiary/aromatic N) is 2. The molecule has 1 aliphatic rings. The summed E-state index contributed by atoms with van der Waals surface area (Å²) in [4.78, 5) is 24.7. The van der Waals surface area contributed by atoms with E-state index in [2.05, 4.69) is 10.4 Å². The molecule has 1 aliphatic carbocycles.